The van der Waals surface area contributed by atoms with Crippen LogP contribution in [0.15, 0.2) is 17.1 Å². The Morgan fingerprint density at radius 3 is 3.05 bits per heavy atom. The van der Waals surface area contributed by atoms with Gasteiger partial charge in [-0.2, -0.15) is 0 Å². The van der Waals surface area contributed by atoms with E-state index in [1.165, 1.54) is 5.56 Å². The summed E-state index contributed by atoms with van der Waals surface area (Å²) < 4.78 is 11.3. The molecule has 2 aliphatic heterocycles. The largest absolute Gasteiger partial charge is 0.496 e. The first kappa shape index (κ1) is 16.2. The van der Waals surface area contributed by atoms with Crippen LogP contribution in [-0.4, -0.2) is 32.3 Å². The second-order valence-electron chi connectivity index (χ2n) is 5.27. The minimum atomic E-state index is 0. The molecule has 21 heavy (non-hydrogen) atoms. The molecule has 3 rings (SSSR count). The number of hydrogen-bond donors (Lipinski definition) is 2. The van der Waals surface area contributed by atoms with Crippen molar-refractivity contribution >= 4 is 29.9 Å². The van der Waals surface area contributed by atoms with Crippen molar-refractivity contribution in [1.82, 2.24) is 10.6 Å². The Bertz CT molecular complexity index is 534. The topological polar surface area (TPSA) is 54.9 Å². The van der Waals surface area contributed by atoms with Gasteiger partial charge in [0.1, 0.15) is 17.6 Å². The quantitative estimate of drug-likeness (QED) is 0.759. The maximum absolute atomic E-state index is 5.81. The predicted molar refractivity (Wildman–Crippen MR) is 94.0 cm³/mol. The van der Waals surface area contributed by atoms with Gasteiger partial charge in [-0.15, -0.1) is 24.0 Å². The summed E-state index contributed by atoms with van der Waals surface area (Å²) in [5, 5.41) is 6.57. The summed E-state index contributed by atoms with van der Waals surface area (Å²) in [6.45, 7) is 4.64. The zero-order chi connectivity index (χ0) is 13.9. The van der Waals surface area contributed by atoms with Crippen molar-refractivity contribution in [2.75, 3.05) is 20.2 Å². The lowest BCUT2D eigenvalue weighted by Gasteiger charge is -2.17. The molecule has 0 saturated heterocycles. The molecule has 2 N–H and O–H groups in total. The number of fused-ring (bicyclic) bond motifs is 1. The number of hydrogen-bond acceptors (Lipinski definition) is 5. The summed E-state index contributed by atoms with van der Waals surface area (Å²) in [6, 6.07) is 4.17. The van der Waals surface area contributed by atoms with Crippen molar-refractivity contribution in [3.05, 3.63) is 23.3 Å². The standard InChI is InChI=1S/C15H21N3O2.HI/c1-10-6-11-7-13(19-2)12(8-14(11)20-10)9-18-15-16-4-3-5-17-15;/h7-8,10H,3-6,9H2,1-2H3,(H2,16,17,18);1H. The van der Waals surface area contributed by atoms with Gasteiger partial charge in [-0.1, -0.05) is 0 Å². The Morgan fingerprint density at radius 1 is 1.48 bits per heavy atom. The van der Waals surface area contributed by atoms with Gasteiger partial charge < -0.3 is 20.1 Å². The molecular weight excluding hydrogens is 381 g/mol. The Balaban J connectivity index is 0.00000161. The van der Waals surface area contributed by atoms with E-state index in [1.54, 1.807) is 7.11 Å². The third-order valence-corrected chi connectivity index (χ3v) is 3.64. The molecular formula is C15H22IN3O2. The van der Waals surface area contributed by atoms with Crippen molar-refractivity contribution in [1.29, 1.82) is 0 Å². The average molecular weight is 403 g/mol. The Hall–Kier alpha value is -1.18. The van der Waals surface area contributed by atoms with Crippen LogP contribution in [0.4, 0.5) is 0 Å². The highest BCUT2D eigenvalue weighted by Crippen LogP contribution is 2.34. The molecule has 0 spiro atoms. The Labute approximate surface area is 142 Å². The number of ether oxygens (including phenoxy) is 2. The fraction of sp³-hybridized carbons (Fsp3) is 0.533. The van der Waals surface area contributed by atoms with Crippen LogP contribution in [0.1, 0.15) is 24.5 Å². The summed E-state index contributed by atoms with van der Waals surface area (Å²) in [6.07, 6.45) is 2.30. The second-order valence-corrected chi connectivity index (χ2v) is 5.27. The highest BCUT2D eigenvalue weighted by molar-refractivity contribution is 14.0. The van der Waals surface area contributed by atoms with E-state index in [0.29, 0.717) is 6.54 Å². The second kappa shape index (κ2) is 7.20. The van der Waals surface area contributed by atoms with E-state index >= 15 is 0 Å². The van der Waals surface area contributed by atoms with E-state index in [9.17, 15) is 0 Å². The maximum Gasteiger partial charge on any atom is 0.191 e. The number of benzene rings is 1. The minimum Gasteiger partial charge on any atom is -0.496 e. The molecule has 1 aromatic rings. The van der Waals surface area contributed by atoms with E-state index in [-0.39, 0.29) is 30.1 Å². The monoisotopic (exact) mass is 403 g/mol. The lowest BCUT2D eigenvalue weighted by molar-refractivity contribution is 0.254. The molecule has 0 aliphatic carbocycles. The average Bonchev–Trinajstić information content (AvgIpc) is 2.84. The number of methoxy groups -OCH3 is 1. The van der Waals surface area contributed by atoms with Gasteiger partial charge in [0.25, 0.3) is 0 Å². The van der Waals surface area contributed by atoms with Gasteiger partial charge in [-0.05, 0) is 25.5 Å². The molecule has 0 aromatic heterocycles. The smallest absolute Gasteiger partial charge is 0.191 e. The lowest BCUT2D eigenvalue weighted by atomic mass is 10.1. The first-order valence-electron chi connectivity index (χ1n) is 7.15. The maximum atomic E-state index is 5.81. The number of nitrogens with one attached hydrogen (secondary N) is 2. The highest BCUT2D eigenvalue weighted by atomic mass is 127. The van der Waals surface area contributed by atoms with Crippen LogP contribution in [-0.2, 0) is 13.0 Å². The van der Waals surface area contributed by atoms with Crippen molar-refractivity contribution in [3.63, 3.8) is 0 Å². The number of rotatable bonds is 3. The van der Waals surface area contributed by atoms with Gasteiger partial charge in [0, 0.05) is 37.2 Å². The van der Waals surface area contributed by atoms with Gasteiger partial charge in [0.2, 0.25) is 0 Å². The van der Waals surface area contributed by atoms with Gasteiger partial charge in [0.15, 0.2) is 5.96 Å². The van der Waals surface area contributed by atoms with E-state index in [2.05, 4.69) is 34.7 Å². The summed E-state index contributed by atoms with van der Waals surface area (Å²) in [5.74, 6) is 2.76. The van der Waals surface area contributed by atoms with E-state index in [0.717, 1.165) is 49.0 Å². The zero-order valence-electron chi connectivity index (χ0n) is 12.4. The molecule has 0 saturated carbocycles. The molecule has 0 radical (unpaired) electrons. The zero-order valence-corrected chi connectivity index (χ0v) is 14.8. The first-order valence-corrected chi connectivity index (χ1v) is 7.15. The molecule has 0 bridgehead atoms. The van der Waals surface area contributed by atoms with Crippen LogP contribution < -0.4 is 20.1 Å². The third-order valence-electron chi connectivity index (χ3n) is 3.64. The molecule has 0 fully saturated rings. The van der Waals surface area contributed by atoms with Gasteiger partial charge >= 0.3 is 0 Å². The molecule has 0 amide bonds. The highest BCUT2D eigenvalue weighted by Gasteiger charge is 2.21. The molecule has 5 nitrogen and oxygen atoms in total. The fourth-order valence-electron chi connectivity index (χ4n) is 2.64. The molecule has 1 atom stereocenters. The van der Waals surface area contributed by atoms with Gasteiger partial charge in [-0.3, -0.25) is 4.99 Å². The van der Waals surface area contributed by atoms with Crippen LogP contribution in [0.2, 0.25) is 0 Å². The summed E-state index contributed by atoms with van der Waals surface area (Å²) in [4.78, 5) is 4.41. The number of nitrogens with zero attached hydrogens (tertiary/aromatic N) is 1. The summed E-state index contributed by atoms with van der Waals surface area (Å²) in [5.41, 5.74) is 2.32. The Kier molecular flexibility index (Phi) is 5.55. The third kappa shape index (κ3) is 3.72. The fourth-order valence-corrected chi connectivity index (χ4v) is 2.64. The SMILES string of the molecule is COc1cc2c(cc1CNC1=NCCCN1)OC(C)C2.I. The lowest BCUT2D eigenvalue weighted by Crippen LogP contribution is -2.40. The van der Waals surface area contributed by atoms with E-state index in [1.807, 2.05) is 0 Å². The number of halogens is 1. The van der Waals surface area contributed by atoms with Crippen LogP contribution in [0.25, 0.3) is 0 Å². The van der Waals surface area contributed by atoms with Crippen LogP contribution >= 0.6 is 24.0 Å². The molecule has 116 valence electrons. The van der Waals surface area contributed by atoms with Crippen LogP contribution in [0, 0.1) is 0 Å². The molecule has 2 heterocycles. The Morgan fingerprint density at radius 2 is 2.33 bits per heavy atom. The van der Waals surface area contributed by atoms with Crippen molar-refractivity contribution in [2.24, 2.45) is 4.99 Å². The molecule has 2 aliphatic rings. The first-order chi connectivity index (χ1) is 9.76. The van der Waals surface area contributed by atoms with Crippen molar-refractivity contribution < 1.29 is 9.47 Å². The van der Waals surface area contributed by atoms with Crippen LogP contribution in [0.3, 0.4) is 0 Å². The van der Waals surface area contributed by atoms with Gasteiger partial charge in [0.05, 0.1) is 7.11 Å². The van der Waals surface area contributed by atoms with Crippen LogP contribution in [0.5, 0.6) is 11.5 Å². The predicted octanol–water partition coefficient (Wildman–Crippen LogP) is 2.08. The molecule has 1 unspecified atom stereocenters. The molecule has 6 heteroatoms. The normalized spacial score (nSPS) is 19.5. The summed E-state index contributed by atoms with van der Waals surface area (Å²) in [7, 11) is 1.71. The van der Waals surface area contributed by atoms with Gasteiger partial charge in [-0.25, -0.2) is 0 Å². The number of guanidine groups is 1. The van der Waals surface area contributed by atoms with E-state index in [4.69, 9.17) is 9.47 Å². The molecule has 1 aromatic carbocycles. The van der Waals surface area contributed by atoms with Crippen molar-refractivity contribution in [3.8, 4) is 11.5 Å². The summed E-state index contributed by atoms with van der Waals surface area (Å²) >= 11 is 0. The van der Waals surface area contributed by atoms with E-state index < -0.39 is 0 Å². The van der Waals surface area contributed by atoms with Crippen molar-refractivity contribution in [2.45, 2.75) is 32.4 Å². The number of aliphatic imine (C=N–C) groups is 1. The minimum absolute atomic E-state index is 0.